The van der Waals surface area contributed by atoms with Crippen LogP contribution >= 0.6 is 0 Å². The smallest absolute Gasteiger partial charge is 0.0564 e. The largest absolute Gasteiger partial charge is 0.393 e. The van der Waals surface area contributed by atoms with Gasteiger partial charge in [0.2, 0.25) is 0 Å². The highest BCUT2D eigenvalue weighted by Crippen LogP contribution is 2.20. The molecule has 1 aliphatic heterocycles. The van der Waals surface area contributed by atoms with Gasteiger partial charge in [-0.25, -0.2) is 0 Å². The summed E-state index contributed by atoms with van der Waals surface area (Å²) in [5, 5.41) is 9.61. The lowest BCUT2D eigenvalue weighted by Gasteiger charge is -2.24. The van der Waals surface area contributed by atoms with Crippen molar-refractivity contribution in [1.82, 2.24) is 0 Å². The van der Waals surface area contributed by atoms with E-state index in [0.29, 0.717) is 12.5 Å². The first-order valence-electron chi connectivity index (χ1n) is 5.07. The van der Waals surface area contributed by atoms with Crippen molar-refractivity contribution in [3.8, 4) is 0 Å². The number of hydrogen-bond acceptors (Lipinski definition) is 3. The second kappa shape index (κ2) is 6.35. The Bertz CT molecular complexity index is 121. The normalized spacial score (nSPS) is 21.7. The lowest BCUT2D eigenvalue weighted by Crippen LogP contribution is -2.21. The molecule has 0 amide bonds. The van der Waals surface area contributed by atoms with Gasteiger partial charge in [-0.2, -0.15) is 0 Å². The van der Waals surface area contributed by atoms with Crippen LogP contribution in [0.1, 0.15) is 25.7 Å². The summed E-state index contributed by atoms with van der Waals surface area (Å²) >= 11 is 0. The Balaban J connectivity index is 2.07. The summed E-state index contributed by atoms with van der Waals surface area (Å²) in [7, 11) is 1.67. The van der Waals surface area contributed by atoms with Crippen LogP contribution in [0.5, 0.6) is 0 Å². The van der Waals surface area contributed by atoms with E-state index in [2.05, 4.69) is 0 Å². The van der Waals surface area contributed by atoms with E-state index in [-0.39, 0.29) is 6.10 Å². The first-order chi connectivity index (χ1) is 6.33. The Morgan fingerprint density at radius 2 is 2.15 bits per heavy atom. The van der Waals surface area contributed by atoms with Crippen molar-refractivity contribution in [2.45, 2.75) is 31.8 Å². The van der Waals surface area contributed by atoms with Gasteiger partial charge in [0, 0.05) is 26.9 Å². The molecule has 1 rings (SSSR count). The van der Waals surface area contributed by atoms with Crippen LogP contribution in [0.2, 0.25) is 0 Å². The van der Waals surface area contributed by atoms with Crippen molar-refractivity contribution in [1.29, 1.82) is 0 Å². The van der Waals surface area contributed by atoms with Crippen LogP contribution in [0.15, 0.2) is 0 Å². The zero-order valence-electron chi connectivity index (χ0n) is 8.37. The molecule has 0 saturated carbocycles. The third-order valence-electron chi connectivity index (χ3n) is 2.60. The van der Waals surface area contributed by atoms with Crippen molar-refractivity contribution in [3.05, 3.63) is 0 Å². The van der Waals surface area contributed by atoms with Gasteiger partial charge in [-0.1, -0.05) is 0 Å². The minimum Gasteiger partial charge on any atom is -0.393 e. The first kappa shape index (κ1) is 11.0. The molecule has 1 heterocycles. The number of hydrogen-bond donors (Lipinski definition) is 1. The van der Waals surface area contributed by atoms with Gasteiger partial charge in [-0.15, -0.1) is 0 Å². The lowest BCUT2D eigenvalue weighted by molar-refractivity contribution is 0.0354. The van der Waals surface area contributed by atoms with Crippen molar-refractivity contribution < 1.29 is 14.6 Å². The second-order valence-corrected chi connectivity index (χ2v) is 3.73. The maximum Gasteiger partial charge on any atom is 0.0564 e. The first-order valence-corrected chi connectivity index (χ1v) is 5.07. The van der Waals surface area contributed by atoms with Gasteiger partial charge in [0.1, 0.15) is 0 Å². The average molecular weight is 188 g/mol. The second-order valence-electron chi connectivity index (χ2n) is 3.73. The molecule has 0 aliphatic carbocycles. The third-order valence-corrected chi connectivity index (χ3v) is 2.60. The van der Waals surface area contributed by atoms with Crippen molar-refractivity contribution in [3.63, 3.8) is 0 Å². The van der Waals surface area contributed by atoms with E-state index in [1.165, 1.54) is 0 Å². The predicted molar refractivity (Wildman–Crippen MR) is 50.7 cm³/mol. The van der Waals surface area contributed by atoms with Gasteiger partial charge < -0.3 is 14.6 Å². The van der Waals surface area contributed by atoms with Crippen LogP contribution in [-0.4, -0.2) is 38.1 Å². The lowest BCUT2D eigenvalue weighted by atomic mass is 9.93. The van der Waals surface area contributed by atoms with E-state index in [9.17, 15) is 5.11 Å². The molecule has 0 radical (unpaired) electrons. The maximum atomic E-state index is 9.61. The molecular formula is C10H20O3. The molecule has 3 heteroatoms. The van der Waals surface area contributed by atoms with Crippen molar-refractivity contribution >= 4 is 0 Å². The molecule has 0 aromatic rings. The van der Waals surface area contributed by atoms with E-state index in [4.69, 9.17) is 9.47 Å². The van der Waals surface area contributed by atoms with Crippen LogP contribution < -0.4 is 0 Å². The quantitative estimate of drug-likeness (QED) is 0.704. The summed E-state index contributed by atoms with van der Waals surface area (Å²) in [5.41, 5.74) is 0. The van der Waals surface area contributed by atoms with Crippen LogP contribution in [0, 0.1) is 5.92 Å². The molecule has 1 fully saturated rings. The van der Waals surface area contributed by atoms with Crippen LogP contribution in [-0.2, 0) is 9.47 Å². The minimum absolute atomic E-state index is 0.192. The highest BCUT2D eigenvalue weighted by Gasteiger charge is 2.17. The van der Waals surface area contributed by atoms with Gasteiger partial charge in [0.15, 0.2) is 0 Å². The fraction of sp³-hybridized carbons (Fsp3) is 1.00. The summed E-state index contributed by atoms with van der Waals surface area (Å²) in [6.45, 7) is 2.38. The number of methoxy groups -OCH3 is 1. The summed E-state index contributed by atoms with van der Waals surface area (Å²) in [6.07, 6.45) is 3.68. The molecular weight excluding hydrogens is 168 g/mol. The third kappa shape index (κ3) is 4.60. The molecule has 0 spiro atoms. The standard InChI is InChI=1S/C10H20O3/c1-12-5-4-10(11)8-9-2-6-13-7-3-9/h9-11H,2-8H2,1H3. The van der Waals surface area contributed by atoms with Gasteiger partial charge in [0.25, 0.3) is 0 Å². The number of rotatable bonds is 5. The van der Waals surface area contributed by atoms with Crippen LogP contribution in [0.3, 0.4) is 0 Å². The fourth-order valence-corrected chi connectivity index (χ4v) is 1.74. The van der Waals surface area contributed by atoms with Crippen molar-refractivity contribution in [2.24, 2.45) is 5.92 Å². The van der Waals surface area contributed by atoms with E-state index in [0.717, 1.165) is 38.9 Å². The van der Waals surface area contributed by atoms with Gasteiger partial charge in [-0.3, -0.25) is 0 Å². The molecule has 0 aromatic heterocycles. The van der Waals surface area contributed by atoms with Crippen LogP contribution in [0.25, 0.3) is 0 Å². The highest BCUT2D eigenvalue weighted by molar-refractivity contribution is 4.68. The summed E-state index contributed by atoms with van der Waals surface area (Å²) in [6, 6.07) is 0. The Kier molecular flexibility index (Phi) is 5.35. The zero-order chi connectivity index (χ0) is 9.52. The van der Waals surface area contributed by atoms with Gasteiger partial charge >= 0.3 is 0 Å². The highest BCUT2D eigenvalue weighted by atomic mass is 16.5. The molecule has 3 nitrogen and oxygen atoms in total. The van der Waals surface area contributed by atoms with Crippen LogP contribution in [0.4, 0.5) is 0 Å². The number of ether oxygens (including phenoxy) is 2. The molecule has 1 atom stereocenters. The molecule has 1 unspecified atom stereocenters. The summed E-state index contributed by atoms with van der Waals surface area (Å²) < 4.78 is 10.2. The molecule has 0 bridgehead atoms. The minimum atomic E-state index is -0.192. The Hall–Kier alpha value is -0.120. The SMILES string of the molecule is COCCC(O)CC1CCOCC1. The summed E-state index contributed by atoms with van der Waals surface area (Å²) in [5.74, 6) is 0.653. The summed E-state index contributed by atoms with van der Waals surface area (Å²) in [4.78, 5) is 0. The Labute approximate surface area is 80.0 Å². The van der Waals surface area contributed by atoms with E-state index in [1.807, 2.05) is 0 Å². The molecule has 1 aliphatic rings. The number of aliphatic hydroxyl groups is 1. The van der Waals surface area contributed by atoms with Gasteiger partial charge in [0.05, 0.1) is 6.10 Å². The fourth-order valence-electron chi connectivity index (χ4n) is 1.74. The van der Waals surface area contributed by atoms with Crippen molar-refractivity contribution in [2.75, 3.05) is 26.9 Å². The van der Waals surface area contributed by atoms with E-state index < -0.39 is 0 Å². The predicted octanol–water partition coefficient (Wildman–Crippen LogP) is 1.20. The zero-order valence-corrected chi connectivity index (χ0v) is 8.37. The van der Waals surface area contributed by atoms with Gasteiger partial charge in [-0.05, 0) is 31.6 Å². The number of aliphatic hydroxyl groups excluding tert-OH is 1. The maximum absolute atomic E-state index is 9.61. The van der Waals surface area contributed by atoms with E-state index in [1.54, 1.807) is 7.11 Å². The molecule has 1 N–H and O–H groups in total. The molecule has 78 valence electrons. The molecule has 13 heavy (non-hydrogen) atoms. The molecule has 0 aromatic carbocycles. The molecule has 1 saturated heterocycles. The Morgan fingerprint density at radius 1 is 1.46 bits per heavy atom. The Morgan fingerprint density at radius 3 is 2.77 bits per heavy atom. The average Bonchev–Trinajstić information content (AvgIpc) is 2.16. The monoisotopic (exact) mass is 188 g/mol. The topological polar surface area (TPSA) is 38.7 Å². The van der Waals surface area contributed by atoms with E-state index >= 15 is 0 Å².